The molecule has 2 aromatic carbocycles. The molecule has 174 valence electrons. The van der Waals surface area contributed by atoms with Crippen molar-refractivity contribution in [2.45, 2.75) is 6.92 Å². The number of Topliss-reactive ketones (excluding diaryl/α,β-unsaturated/α-hetero) is 1. The Morgan fingerprint density at radius 1 is 0.882 bits per heavy atom. The van der Waals surface area contributed by atoms with Gasteiger partial charge in [0.1, 0.15) is 5.65 Å². The minimum atomic E-state index is 0.0844. The largest absolute Gasteiger partial charge is 0.493 e. The van der Waals surface area contributed by atoms with E-state index in [0.717, 1.165) is 60.3 Å². The minimum absolute atomic E-state index is 0.0844. The van der Waals surface area contributed by atoms with E-state index in [4.69, 9.17) is 14.5 Å². The number of carbonyl (C=O) groups excluding carboxylic acids is 1. The van der Waals surface area contributed by atoms with Gasteiger partial charge in [-0.3, -0.25) is 9.20 Å². The molecule has 0 atom stereocenters. The highest BCUT2D eigenvalue weighted by atomic mass is 16.5. The number of rotatable bonds is 6. The van der Waals surface area contributed by atoms with Crippen molar-refractivity contribution in [2.75, 3.05) is 50.2 Å². The first-order valence-corrected chi connectivity index (χ1v) is 11.2. The van der Waals surface area contributed by atoms with Crippen molar-refractivity contribution in [3.8, 4) is 22.8 Å². The Labute approximate surface area is 198 Å². The van der Waals surface area contributed by atoms with Gasteiger partial charge in [0.15, 0.2) is 17.3 Å². The molecule has 1 aliphatic heterocycles. The Bertz CT molecular complexity index is 1320. The number of hydrogen-bond acceptors (Lipinski definition) is 7. The molecule has 2 aromatic heterocycles. The third-order valence-corrected chi connectivity index (χ3v) is 6.25. The predicted molar refractivity (Wildman–Crippen MR) is 132 cm³/mol. The lowest BCUT2D eigenvalue weighted by Crippen LogP contribution is -2.47. The van der Waals surface area contributed by atoms with E-state index in [1.165, 1.54) is 0 Å². The van der Waals surface area contributed by atoms with Crippen molar-refractivity contribution in [1.29, 1.82) is 0 Å². The highest BCUT2D eigenvalue weighted by Gasteiger charge is 2.22. The molecular weight excluding hydrogens is 430 g/mol. The smallest absolute Gasteiger partial charge is 0.212 e. The number of nitrogens with zero attached hydrogens (tertiary/aromatic N) is 5. The minimum Gasteiger partial charge on any atom is -0.493 e. The number of piperazine rings is 1. The molecule has 0 aliphatic carbocycles. The molecule has 1 aliphatic rings. The molecular formula is C26H27N5O3. The number of benzene rings is 2. The molecule has 0 saturated carbocycles. The summed E-state index contributed by atoms with van der Waals surface area (Å²) in [6, 6.07) is 15.6. The lowest BCUT2D eigenvalue weighted by molar-refractivity contribution is 0.101. The van der Waals surface area contributed by atoms with Gasteiger partial charge in [0.05, 0.1) is 19.9 Å². The second-order valence-corrected chi connectivity index (χ2v) is 8.24. The van der Waals surface area contributed by atoms with Crippen molar-refractivity contribution in [2.24, 2.45) is 0 Å². The van der Waals surface area contributed by atoms with Crippen LogP contribution in [-0.4, -0.2) is 60.6 Å². The maximum atomic E-state index is 11.6. The van der Waals surface area contributed by atoms with E-state index in [-0.39, 0.29) is 5.78 Å². The van der Waals surface area contributed by atoms with Gasteiger partial charge in [-0.05, 0) is 49.4 Å². The predicted octanol–water partition coefficient (Wildman–Crippen LogP) is 3.94. The summed E-state index contributed by atoms with van der Waals surface area (Å²) in [4.78, 5) is 25.7. The van der Waals surface area contributed by atoms with E-state index < -0.39 is 0 Å². The van der Waals surface area contributed by atoms with Gasteiger partial charge >= 0.3 is 0 Å². The lowest BCUT2D eigenvalue weighted by Gasteiger charge is -2.37. The van der Waals surface area contributed by atoms with Crippen LogP contribution in [0.2, 0.25) is 0 Å². The summed E-state index contributed by atoms with van der Waals surface area (Å²) in [5.41, 5.74) is 4.48. The highest BCUT2D eigenvalue weighted by Crippen LogP contribution is 2.33. The van der Waals surface area contributed by atoms with E-state index in [9.17, 15) is 4.79 Å². The second kappa shape index (κ2) is 9.05. The van der Waals surface area contributed by atoms with E-state index in [0.29, 0.717) is 11.5 Å². The Hall–Kier alpha value is -4.07. The SMILES string of the molecule is COc1ccc(-c2cc3nccn3c(N3CCN(c4ccc(C(C)=O)cc4)CC3)n2)cc1OC. The van der Waals surface area contributed by atoms with Gasteiger partial charge in [0.25, 0.3) is 0 Å². The third-order valence-electron chi connectivity index (χ3n) is 6.25. The topological polar surface area (TPSA) is 72.2 Å². The third kappa shape index (κ3) is 4.03. The zero-order valence-corrected chi connectivity index (χ0v) is 19.6. The highest BCUT2D eigenvalue weighted by molar-refractivity contribution is 5.94. The fourth-order valence-electron chi connectivity index (χ4n) is 4.35. The summed E-state index contributed by atoms with van der Waals surface area (Å²) in [6.07, 6.45) is 3.74. The quantitative estimate of drug-likeness (QED) is 0.406. The molecule has 4 aromatic rings. The molecule has 0 bridgehead atoms. The molecule has 0 spiro atoms. The van der Waals surface area contributed by atoms with Crippen LogP contribution in [0.15, 0.2) is 60.9 Å². The first-order chi connectivity index (χ1) is 16.6. The standard InChI is InChI=1S/C26H27N5O3/c1-18(32)19-4-7-21(8-5-19)29-12-14-30(15-13-29)26-28-22(17-25-27-10-11-31(25)26)20-6-9-23(33-2)24(16-20)34-3/h4-11,16-17H,12-15H2,1-3H3. The Morgan fingerprint density at radius 3 is 2.26 bits per heavy atom. The van der Waals surface area contributed by atoms with Crippen molar-refractivity contribution in [1.82, 2.24) is 14.4 Å². The number of imidazole rings is 1. The van der Waals surface area contributed by atoms with Crippen LogP contribution in [0.4, 0.5) is 11.6 Å². The number of methoxy groups -OCH3 is 2. The van der Waals surface area contributed by atoms with Crippen molar-refractivity contribution < 1.29 is 14.3 Å². The number of fused-ring (bicyclic) bond motifs is 1. The van der Waals surface area contributed by atoms with E-state index in [1.807, 2.05) is 59.1 Å². The van der Waals surface area contributed by atoms with Gasteiger partial charge in [-0.15, -0.1) is 0 Å². The molecule has 34 heavy (non-hydrogen) atoms. The average Bonchev–Trinajstić information content (AvgIpc) is 3.37. The molecule has 8 heteroatoms. The van der Waals surface area contributed by atoms with Crippen LogP contribution in [0.3, 0.4) is 0 Å². The van der Waals surface area contributed by atoms with E-state index in [2.05, 4.69) is 14.8 Å². The van der Waals surface area contributed by atoms with Gasteiger partial charge in [0, 0.05) is 61.5 Å². The number of anilines is 2. The Balaban J connectivity index is 1.41. The summed E-state index contributed by atoms with van der Waals surface area (Å²) < 4.78 is 12.9. The lowest BCUT2D eigenvalue weighted by atomic mass is 10.1. The van der Waals surface area contributed by atoms with E-state index >= 15 is 0 Å². The first-order valence-electron chi connectivity index (χ1n) is 11.2. The second-order valence-electron chi connectivity index (χ2n) is 8.24. The first kappa shape index (κ1) is 21.8. The maximum Gasteiger partial charge on any atom is 0.212 e. The van der Waals surface area contributed by atoms with Crippen LogP contribution >= 0.6 is 0 Å². The van der Waals surface area contributed by atoms with Gasteiger partial charge in [-0.2, -0.15) is 0 Å². The number of aromatic nitrogens is 3. The molecule has 3 heterocycles. The fraction of sp³-hybridized carbons (Fsp3) is 0.269. The van der Waals surface area contributed by atoms with Crippen LogP contribution < -0.4 is 19.3 Å². The van der Waals surface area contributed by atoms with Crippen molar-refractivity contribution in [3.63, 3.8) is 0 Å². The molecule has 1 saturated heterocycles. The zero-order valence-electron chi connectivity index (χ0n) is 19.6. The zero-order chi connectivity index (χ0) is 23.7. The maximum absolute atomic E-state index is 11.6. The van der Waals surface area contributed by atoms with Crippen molar-refractivity contribution >= 4 is 23.1 Å². The number of ether oxygens (including phenoxy) is 2. The van der Waals surface area contributed by atoms with Gasteiger partial charge < -0.3 is 19.3 Å². The summed E-state index contributed by atoms with van der Waals surface area (Å²) in [5, 5.41) is 0. The average molecular weight is 458 g/mol. The molecule has 8 nitrogen and oxygen atoms in total. The summed E-state index contributed by atoms with van der Waals surface area (Å²) in [5.74, 6) is 2.30. The molecule has 0 N–H and O–H groups in total. The van der Waals surface area contributed by atoms with Crippen LogP contribution in [-0.2, 0) is 0 Å². The summed E-state index contributed by atoms with van der Waals surface area (Å²) >= 11 is 0. The molecule has 1 fully saturated rings. The Morgan fingerprint density at radius 2 is 1.59 bits per heavy atom. The molecule has 0 radical (unpaired) electrons. The van der Waals surface area contributed by atoms with Gasteiger partial charge in [0.2, 0.25) is 5.95 Å². The van der Waals surface area contributed by atoms with Crippen LogP contribution in [0.25, 0.3) is 16.9 Å². The van der Waals surface area contributed by atoms with Gasteiger partial charge in [-0.25, -0.2) is 9.97 Å². The number of carbonyl (C=O) groups is 1. The van der Waals surface area contributed by atoms with E-state index in [1.54, 1.807) is 27.3 Å². The molecule has 5 rings (SSSR count). The van der Waals surface area contributed by atoms with Crippen LogP contribution in [0, 0.1) is 0 Å². The normalized spacial score (nSPS) is 13.9. The summed E-state index contributed by atoms with van der Waals surface area (Å²) in [7, 11) is 3.26. The summed E-state index contributed by atoms with van der Waals surface area (Å²) in [6.45, 7) is 4.96. The monoisotopic (exact) mass is 457 g/mol. The Kier molecular flexibility index (Phi) is 5.79. The number of ketones is 1. The van der Waals surface area contributed by atoms with Crippen molar-refractivity contribution in [3.05, 3.63) is 66.5 Å². The number of hydrogen-bond donors (Lipinski definition) is 0. The fourth-order valence-corrected chi connectivity index (χ4v) is 4.35. The molecule has 0 amide bonds. The van der Waals surface area contributed by atoms with Crippen LogP contribution in [0.5, 0.6) is 11.5 Å². The van der Waals surface area contributed by atoms with Gasteiger partial charge in [-0.1, -0.05) is 0 Å². The van der Waals surface area contributed by atoms with Crippen LogP contribution in [0.1, 0.15) is 17.3 Å². The molecule has 0 unspecified atom stereocenters.